The van der Waals surface area contributed by atoms with E-state index in [0.717, 1.165) is 21.8 Å². The van der Waals surface area contributed by atoms with Gasteiger partial charge >= 0.3 is 0 Å². The number of rotatable bonds is 3. The van der Waals surface area contributed by atoms with Crippen LogP contribution in [-0.4, -0.2) is 9.73 Å². The van der Waals surface area contributed by atoms with Crippen molar-refractivity contribution in [2.75, 3.05) is 0 Å². The Morgan fingerprint density at radius 2 is 1.70 bits per heavy atom. The zero-order valence-corrected chi connectivity index (χ0v) is 13.4. The molecule has 106 valence electrons. The molecule has 0 bridgehead atoms. The average Bonchev–Trinajstić information content (AvgIpc) is 2.37. The molecule has 0 aliphatic carbocycles. The Bertz CT molecular complexity index is 573. The molecule has 2 rings (SSSR count). The summed E-state index contributed by atoms with van der Waals surface area (Å²) in [5.41, 5.74) is 9.57. The second-order valence-corrected chi connectivity index (χ2v) is 7.77. The number of nitrogens with two attached hydrogens (primary N) is 1. The number of aromatic nitrogens is 1. The number of thioether (sulfide) groups is 1. The predicted octanol–water partition coefficient (Wildman–Crippen LogP) is 4.33. The van der Waals surface area contributed by atoms with Crippen molar-refractivity contribution in [2.24, 2.45) is 5.73 Å². The molecule has 0 saturated heterocycles. The Hall–Kier alpha value is -1.32. The van der Waals surface area contributed by atoms with Gasteiger partial charge in [0.1, 0.15) is 0 Å². The summed E-state index contributed by atoms with van der Waals surface area (Å²) in [6.45, 7) is 8.61. The summed E-state index contributed by atoms with van der Waals surface area (Å²) < 4.78 is 0.169. The van der Waals surface area contributed by atoms with Gasteiger partial charge in [-0.2, -0.15) is 0 Å². The van der Waals surface area contributed by atoms with Crippen LogP contribution in [0.4, 0.5) is 0 Å². The number of hydrogen-bond donors (Lipinski definition) is 1. The fraction of sp³-hybridized carbons (Fsp3) is 0.353. The van der Waals surface area contributed by atoms with Gasteiger partial charge in [0.2, 0.25) is 0 Å². The smallest absolute Gasteiger partial charge is 0.0968 e. The molecule has 0 saturated carbocycles. The monoisotopic (exact) mass is 286 g/mol. The van der Waals surface area contributed by atoms with E-state index in [1.165, 1.54) is 0 Å². The molecule has 0 aliphatic rings. The van der Waals surface area contributed by atoms with Gasteiger partial charge in [0.05, 0.1) is 11.1 Å². The van der Waals surface area contributed by atoms with Crippen LogP contribution in [0.25, 0.3) is 0 Å². The van der Waals surface area contributed by atoms with Crippen LogP contribution >= 0.6 is 11.8 Å². The molecular weight excluding hydrogens is 264 g/mol. The SMILES string of the molecule is Cc1nc(SC(C)(C)C)ccc1[C@H](N)c1ccccc1. The number of benzene rings is 1. The van der Waals surface area contributed by atoms with Crippen molar-refractivity contribution in [1.82, 2.24) is 4.98 Å². The van der Waals surface area contributed by atoms with Crippen LogP contribution < -0.4 is 5.73 Å². The number of nitrogens with zero attached hydrogens (tertiary/aromatic N) is 1. The Labute approximate surface area is 125 Å². The van der Waals surface area contributed by atoms with Gasteiger partial charge < -0.3 is 5.73 Å². The van der Waals surface area contributed by atoms with Gasteiger partial charge in [-0.1, -0.05) is 57.2 Å². The minimum absolute atomic E-state index is 0.114. The first kappa shape index (κ1) is 15.1. The average molecular weight is 286 g/mol. The lowest BCUT2D eigenvalue weighted by molar-refractivity contribution is 0.794. The molecule has 3 heteroatoms. The zero-order chi connectivity index (χ0) is 14.8. The van der Waals surface area contributed by atoms with Gasteiger partial charge in [-0.25, -0.2) is 4.98 Å². The van der Waals surface area contributed by atoms with E-state index in [2.05, 4.69) is 50.0 Å². The van der Waals surface area contributed by atoms with E-state index in [1.54, 1.807) is 11.8 Å². The van der Waals surface area contributed by atoms with Crippen LogP contribution in [0.2, 0.25) is 0 Å². The summed E-state index contributed by atoms with van der Waals surface area (Å²) in [5, 5.41) is 1.05. The van der Waals surface area contributed by atoms with Crippen molar-refractivity contribution < 1.29 is 0 Å². The maximum absolute atomic E-state index is 6.35. The number of pyridine rings is 1. The standard InChI is InChI=1S/C17H22N2S/c1-12-14(16(18)13-8-6-5-7-9-13)10-11-15(19-12)20-17(2,3)4/h5-11,16H,18H2,1-4H3/t16-/m1/s1. The number of aryl methyl sites for hydroxylation is 1. The van der Waals surface area contributed by atoms with E-state index >= 15 is 0 Å². The minimum atomic E-state index is -0.114. The molecule has 1 aromatic heterocycles. The summed E-state index contributed by atoms with van der Waals surface area (Å²) in [6.07, 6.45) is 0. The van der Waals surface area contributed by atoms with Crippen LogP contribution in [0.15, 0.2) is 47.5 Å². The van der Waals surface area contributed by atoms with Crippen molar-refractivity contribution in [1.29, 1.82) is 0 Å². The molecule has 2 nitrogen and oxygen atoms in total. The van der Waals surface area contributed by atoms with Crippen molar-refractivity contribution in [2.45, 2.75) is 43.5 Å². The van der Waals surface area contributed by atoms with Crippen molar-refractivity contribution in [3.05, 3.63) is 59.3 Å². The van der Waals surface area contributed by atoms with Crippen LogP contribution in [0.3, 0.4) is 0 Å². The molecule has 20 heavy (non-hydrogen) atoms. The van der Waals surface area contributed by atoms with Gasteiger partial charge in [0.15, 0.2) is 0 Å². The van der Waals surface area contributed by atoms with E-state index in [-0.39, 0.29) is 10.8 Å². The van der Waals surface area contributed by atoms with Gasteiger partial charge in [-0.15, -0.1) is 11.8 Å². The van der Waals surface area contributed by atoms with Crippen LogP contribution in [0.5, 0.6) is 0 Å². The Morgan fingerprint density at radius 3 is 2.25 bits per heavy atom. The summed E-state index contributed by atoms with van der Waals surface area (Å²) in [6, 6.07) is 14.2. The molecular formula is C17H22N2S. The minimum Gasteiger partial charge on any atom is -0.320 e. The molecule has 0 fully saturated rings. The van der Waals surface area contributed by atoms with Crippen LogP contribution in [0.1, 0.15) is 43.6 Å². The molecule has 1 aromatic carbocycles. The highest BCUT2D eigenvalue weighted by molar-refractivity contribution is 8.00. The first-order valence-electron chi connectivity index (χ1n) is 6.84. The predicted molar refractivity (Wildman–Crippen MR) is 87.1 cm³/mol. The normalized spacial score (nSPS) is 13.2. The first-order valence-corrected chi connectivity index (χ1v) is 7.65. The van der Waals surface area contributed by atoms with E-state index in [0.29, 0.717) is 0 Å². The summed E-state index contributed by atoms with van der Waals surface area (Å²) >= 11 is 1.78. The largest absolute Gasteiger partial charge is 0.320 e. The molecule has 0 radical (unpaired) electrons. The summed E-state index contributed by atoms with van der Waals surface area (Å²) in [7, 11) is 0. The first-order chi connectivity index (χ1) is 9.37. The molecule has 2 N–H and O–H groups in total. The topological polar surface area (TPSA) is 38.9 Å². The molecule has 0 unspecified atom stereocenters. The van der Waals surface area contributed by atoms with E-state index in [1.807, 2.05) is 25.1 Å². The molecule has 1 heterocycles. The Kier molecular flexibility index (Phi) is 4.51. The highest BCUT2D eigenvalue weighted by Crippen LogP contribution is 2.32. The Morgan fingerprint density at radius 1 is 1.05 bits per heavy atom. The van der Waals surface area contributed by atoms with Crippen molar-refractivity contribution >= 4 is 11.8 Å². The molecule has 1 atom stereocenters. The lowest BCUT2D eigenvalue weighted by atomic mass is 9.99. The maximum Gasteiger partial charge on any atom is 0.0968 e. The third-order valence-electron chi connectivity index (χ3n) is 3.01. The molecule has 0 spiro atoms. The van der Waals surface area contributed by atoms with Crippen molar-refractivity contribution in [3.63, 3.8) is 0 Å². The molecule has 0 amide bonds. The number of hydrogen-bond acceptors (Lipinski definition) is 3. The molecule has 2 aromatic rings. The van der Waals surface area contributed by atoms with Crippen LogP contribution in [0, 0.1) is 6.92 Å². The lowest BCUT2D eigenvalue weighted by Gasteiger charge is -2.19. The fourth-order valence-corrected chi connectivity index (χ4v) is 3.03. The highest BCUT2D eigenvalue weighted by Gasteiger charge is 2.16. The summed E-state index contributed by atoms with van der Waals surface area (Å²) in [4.78, 5) is 4.69. The van der Waals surface area contributed by atoms with Crippen LogP contribution in [-0.2, 0) is 0 Å². The van der Waals surface area contributed by atoms with Gasteiger partial charge in [-0.05, 0) is 24.1 Å². The van der Waals surface area contributed by atoms with E-state index in [4.69, 9.17) is 5.73 Å². The fourth-order valence-electron chi connectivity index (χ4n) is 2.09. The maximum atomic E-state index is 6.35. The van der Waals surface area contributed by atoms with E-state index in [9.17, 15) is 0 Å². The third kappa shape index (κ3) is 3.84. The molecule has 0 aliphatic heterocycles. The van der Waals surface area contributed by atoms with E-state index < -0.39 is 0 Å². The summed E-state index contributed by atoms with van der Waals surface area (Å²) in [5.74, 6) is 0. The zero-order valence-electron chi connectivity index (χ0n) is 12.6. The second-order valence-electron chi connectivity index (χ2n) is 5.93. The van der Waals surface area contributed by atoms with Gasteiger partial charge in [0, 0.05) is 10.4 Å². The lowest BCUT2D eigenvalue weighted by Crippen LogP contribution is -2.14. The van der Waals surface area contributed by atoms with Gasteiger partial charge in [-0.3, -0.25) is 0 Å². The second kappa shape index (κ2) is 5.98. The highest BCUT2D eigenvalue weighted by atomic mass is 32.2. The van der Waals surface area contributed by atoms with Crippen molar-refractivity contribution in [3.8, 4) is 0 Å². The Balaban J connectivity index is 2.26. The third-order valence-corrected chi connectivity index (χ3v) is 4.05. The quantitative estimate of drug-likeness (QED) is 0.854. The van der Waals surface area contributed by atoms with Gasteiger partial charge in [0.25, 0.3) is 0 Å².